The van der Waals surface area contributed by atoms with Gasteiger partial charge < -0.3 is 23.9 Å². The summed E-state index contributed by atoms with van der Waals surface area (Å²) in [4.78, 5) is 2.50. The summed E-state index contributed by atoms with van der Waals surface area (Å²) in [5, 5.41) is 3.57. The first-order valence-electron chi connectivity index (χ1n) is 9.46. The third kappa shape index (κ3) is 4.57. The Morgan fingerprint density at radius 3 is 2.22 bits per heavy atom. The Balaban J connectivity index is 1.69. The Hall–Kier alpha value is -2.18. The van der Waals surface area contributed by atoms with Crippen LogP contribution in [0.15, 0.2) is 28.7 Å². The van der Waals surface area contributed by atoms with Gasteiger partial charge in [-0.1, -0.05) is 0 Å². The lowest BCUT2D eigenvalue weighted by Gasteiger charge is -2.26. The number of furan rings is 1. The van der Waals surface area contributed by atoms with Crippen LogP contribution in [0.4, 0.5) is 0 Å². The maximum atomic E-state index is 5.93. The fourth-order valence-electron chi connectivity index (χ4n) is 3.69. The van der Waals surface area contributed by atoms with Gasteiger partial charge in [0.1, 0.15) is 11.5 Å². The van der Waals surface area contributed by atoms with Crippen LogP contribution in [0.3, 0.4) is 0 Å². The molecule has 148 valence electrons. The van der Waals surface area contributed by atoms with Crippen LogP contribution in [0, 0.1) is 6.92 Å². The number of methoxy groups -OCH3 is 3. The van der Waals surface area contributed by atoms with Crippen molar-refractivity contribution in [1.29, 1.82) is 0 Å². The molecule has 2 aromatic rings. The second-order valence-electron chi connectivity index (χ2n) is 6.87. The first-order chi connectivity index (χ1) is 13.2. The van der Waals surface area contributed by atoms with E-state index in [0.717, 1.165) is 36.7 Å². The summed E-state index contributed by atoms with van der Waals surface area (Å²) < 4.78 is 22.2. The smallest absolute Gasteiger partial charge is 0.203 e. The minimum Gasteiger partial charge on any atom is -0.493 e. The molecule has 0 bridgehead atoms. The van der Waals surface area contributed by atoms with Gasteiger partial charge in [-0.15, -0.1) is 0 Å². The summed E-state index contributed by atoms with van der Waals surface area (Å²) in [6, 6.07) is 8.35. The van der Waals surface area contributed by atoms with Gasteiger partial charge in [0.15, 0.2) is 11.5 Å². The number of ether oxygens (including phenoxy) is 3. The van der Waals surface area contributed by atoms with E-state index in [0.29, 0.717) is 23.8 Å². The molecule has 1 unspecified atom stereocenters. The van der Waals surface area contributed by atoms with Gasteiger partial charge in [0.05, 0.1) is 27.4 Å². The molecule has 1 fully saturated rings. The van der Waals surface area contributed by atoms with Gasteiger partial charge >= 0.3 is 0 Å². The zero-order chi connectivity index (χ0) is 19.2. The largest absolute Gasteiger partial charge is 0.493 e. The molecular weight excluding hydrogens is 344 g/mol. The van der Waals surface area contributed by atoms with Gasteiger partial charge in [-0.2, -0.15) is 0 Å². The molecule has 1 aromatic carbocycles. The lowest BCUT2D eigenvalue weighted by Crippen LogP contribution is -2.33. The molecule has 1 N–H and O–H groups in total. The van der Waals surface area contributed by atoms with E-state index >= 15 is 0 Å². The Morgan fingerprint density at radius 1 is 1.04 bits per heavy atom. The van der Waals surface area contributed by atoms with Gasteiger partial charge in [0, 0.05) is 13.1 Å². The molecule has 0 radical (unpaired) electrons. The molecule has 0 amide bonds. The predicted octanol–water partition coefficient (Wildman–Crippen LogP) is 3.54. The highest BCUT2D eigenvalue weighted by molar-refractivity contribution is 5.53. The maximum Gasteiger partial charge on any atom is 0.203 e. The molecule has 1 aliphatic rings. The number of nitrogens with zero attached hydrogens (tertiary/aromatic N) is 1. The van der Waals surface area contributed by atoms with Crippen LogP contribution in [0.25, 0.3) is 0 Å². The molecule has 0 aliphatic carbocycles. The van der Waals surface area contributed by atoms with Crippen molar-refractivity contribution in [3.63, 3.8) is 0 Å². The molecule has 0 spiro atoms. The summed E-state index contributed by atoms with van der Waals surface area (Å²) in [7, 11) is 4.89. The minimum absolute atomic E-state index is 0.253. The molecule has 1 aromatic heterocycles. The molecule has 1 atom stereocenters. The standard InChI is InChI=1S/C21H30N2O4/c1-15-7-8-18(27-15)17(23-9-5-6-10-23)14-22-13-16-11-19(24-2)21(26-4)20(12-16)25-3/h7-8,11-12,17,22H,5-6,9-10,13-14H2,1-4H3. The SMILES string of the molecule is COc1cc(CNCC(c2ccc(C)o2)N2CCCC2)cc(OC)c1OC. The zero-order valence-corrected chi connectivity index (χ0v) is 16.7. The molecule has 0 saturated carbocycles. The quantitative estimate of drug-likeness (QED) is 0.725. The fraction of sp³-hybridized carbons (Fsp3) is 0.524. The normalized spacial score (nSPS) is 15.7. The van der Waals surface area contributed by atoms with Crippen molar-refractivity contribution in [2.45, 2.75) is 32.4 Å². The van der Waals surface area contributed by atoms with Crippen LogP contribution in [0.2, 0.25) is 0 Å². The second-order valence-corrected chi connectivity index (χ2v) is 6.87. The third-order valence-electron chi connectivity index (χ3n) is 5.06. The highest BCUT2D eigenvalue weighted by Crippen LogP contribution is 2.38. The Labute approximate surface area is 161 Å². The molecule has 1 aliphatic heterocycles. The summed E-state index contributed by atoms with van der Waals surface area (Å²) in [6.07, 6.45) is 2.51. The number of nitrogens with one attached hydrogen (secondary N) is 1. The lowest BCUT2D eigenvalue weighted by molar-refractivity contribution is 0.207. The van der Waals surface area contributed by atoms with Gasteiger partial charge in [-0.3, -0.25) is 4.90 Å². The summed E-state index contributed by atoms with van der Waals surface area (Å²) in [5.74, 6) is 3.95. The monoisotopic (exact) mass is 374 g/mol. The van der Waals surface area contributed by atoms with Gasteiger partial charge in [-0.25, -0.2) is 0 Å². The van der Waals surface area contributed by atoms with E-state index in [9.17, 15) is 0 Å². The van der Waals surface area contributed by atoms with E-state index in [1.165, 1.54) is 12.8 Å². The van der Waals surface area contributed by atoms with E-state index in [-0.39, 0.29) is 6.04 Å². The van der Waals surface area contributed by atoms with Crippen LogP contribution in [0.5, 0.6) is 17.2 Å². The second kappa shape index (κ2) is 9.15. The lowest BCUT2D eigenvalue weighted by atomic mass is 10.1. The number of hydrogen-bond acceptors (Lipinski definition) is 6. The summed E-state index contributed by atoms with van der Waals surface area (Å²) >= 11 is 0. The molecule has 2 heterocycles. The van der Waals surface area contributed by atoms with Gasteiger partial charge in [-0.05, 0) is 62.7 Å². The van der Waals surface area contributed by atoms with Crippen LogP contribution < -0.4 is 19.5 Å². The van der Waals surface area contributed by atoms with Crippen molar-refractivity contribution in [3.05, 3.63) is 41.3 Å². The van der Waals surface area contributed by atoms with E-state index in [1.807, 2.05) is 25.1 Å². The zero-order valence-electron chi connectivity index (χ0n) is 16.7. The Bertz CT molecular complexity index is 713. The number of likely N-dealkylation sites (tertiary alicyclic amines) is 1. The van der Waals surface area contributed by atoms with E-state index in [4.69, 9.17) is 18.6 Å². The topological polar surface area (TPSA) is 56.1 Å². The van der Waals surface area contributed by atoms with Crippen molar-refractivity contribution in [1.82, 2.24) is 10.2 Å². The van der Waals surface area contributed by atoms with E-state index in [1.54, 1.807) is 21.3 Å². The van der Waals surface area contributed by atoms with Crippen LogP contribution in [0.1, 0.15) is 36.0 Å². The molecule has 6 nitrogen and oxygen atoms in total. The first-order valence-corrected chi connectivity index (χ1v) is 9.46. The average Bonchev–Trinajstić information content (AvgIpc) is 3.36. The van der Waals surface area contributed by atoms with Crippen molar-refractivity contribution < 1.29 is 18.6 Å². The molecule has 6 heteroatoms. The third-order valence-corrected chi connectivity index (χ3v) is 5.06. The number of aryl methyl sites for hydroxylation is 1. The minimum atomic E-state index is 0.253. The molecule has 1 saturated heterocycles. The number of rotatable bonds is 9. The number of benzene rings is 1. The first kappa shape index (κ1) is 19.6. The van der Waals surface area contributed by atoms with Crippen molar-refractivity contribution >= 4 is 0 Å². The molecular formula is C21H30N2O4. The average molecular weight is 374 g/mol. The fourth-order valence-corrected chi connectivity index (χ4v) is 3.69. The maximum absolute atomic E-state index is 5.93. The van der Waals surface area contributed by atoms with Crippen LogP contribution >= 0.6 is 0 Å². The predicted molar refractivity (Wildman–Crippen MR) is 105 cm³/mol. The van der Waals surface area contributed by atoms with E-state index < -0.39 is 0 Å². The summed E-state index contributed by atoms with van der Waals surface area (Å²) in [5.41, 5.74) is 1.08. The summed E-state index contributed by atoms with van der Waals surface area (Å²) in [6.45, 7) is 5.77. The Morgan fingerprint density at radius 2 is 1.70 bits per heavy atom. The van der Waals surface area contributed by atoms with Gasteiger partial charge in [0.2, 0.25) is 5.75 Å². The number of hydrogen-bond donors (Lipinski definition) is 1. The van der Waals surface area contributed by atoms with Gasteiger partial charge in [0.25, 0.3) is 0 Å². The highest BCUT2D eigenvalue weighted by atomic mass is 16.5. The van der Waals surface area contributed by atoms with E-state index in [2.05, 4.69) is 16.3 Å². The van der Waals surface area contributed by atoms with Crippen LogP contribution in [-0.2, 0) is 6.54 Å². The van der Waals surface area contributed by atoms with Crippen molar-refractivity contribution in [2.24, 2.45) is 0 Å². The van der Waals surface area contributed by atoms with Crippen LogP contribution in [-0.4, -0.2) is 45.9 Å². The van der Waals surface area contributed by atoms with Crippen molar-refractivity contribution in [3.8, 4) is 17.2 Å². The molecule has 27 heavy (non-hydrogen) atoms. The Kier molecular flexibility index (Phi) is 6.63. The van der Waals surface area contributed by atoms with Crippen molar-refractivity contribution in [2.75, 3.05) is 41.0 Å². The molecule has 3 rings (SSSR count). The highest BCUT2D eigenvalue weighted by Gasteiger charge is 2.25.